The summed E-state index contributed by atoms with van der Waals surface area (Å²) in [5.74, 6) is -1.95. The average molecular weight is 306 g/mol. The number of thioether (sulfide) groups is 1. The van der Waals surface area contributed by atoms with Crippen molar-refractivity contribution in [2.75, 3.05) is 12.0 Å². The molecule has 0 fully saturated rings. The lowest BCUT2D eigenvalue weighted by molar-refractivity contribution is -0.139. The molecule has 0 heterocycles. The van der Waals surface area contributed by atoms with E-state index in [9.17, 15) is 14.0 Å². The number of nitrogens with one attached hydrogen (secondary N) is 1. The van der Waals surface area contributed by atoms with E-state index in [1.807, 2.05) is 6.26 Å². The minimum absolute atomic E-state index is 0.0722. The number of hydrogen-bond acceptors (Lipinski definition) is 3. The monoisotopic (exact) mass is 305 g/mol. The molecule has 0 radical (unpaired) electrons. The van der Waals surface area contributed by atoms with Crippen LogP contribution in [-0.4, -0.2) is 35.0 Å². The summed E-state index contributed by atoms with van der Waals surface area (Å²) >= 11 is 7.14. The van der Waals surface area contributed by atoms with Gasteiger partial charge in [-0.05, 0) is 30.6 Å². The Morgan fingerprint density at radius 3 is 2.79 bits per heavy atom. The summed E-state index contributed by atoms with van der Waals surface area (Å²) in [4.78, 5) is 22.9. The third-order valence-corrected chi connectivity index (χ3v) is 3.44. The molecule has 104 valence electrons. The van der Waals surface area contributed by atoms with Crippen molar-refractivity contribution in [3.8, 4) is 0 Å². The molecule has 0 unspecified atom stereocenters. The van der Waals surface area contributed by atoms with Crippen molar-refractivity contribution >= 4 is 35.2 Å². The van der Waals surface area contributed by atoms with E-state index in [2.05, 4.69) is 5.32 Å². The van der Waals surface area contributed by atoms with Crippen LogP contribution in [0.15, 0.2) is 18.2 Å². The van der Waals surface area contributed by atoms with E-state index >= 15 is 0 Å². The lowest BCUT2D eigenvalue weighted by atomic mass is 10.1. The molecular formula is C12H13ClFNO3S. The van der Waals surface area contributed by atoms with Crippen LogP contribution in [0.25, 0.3) is 0 Å². The molecule has 0 saturated heterocycles. The van der Waals surface area contributed by atoms with E-state index in [0.29, 0.717) is 5.75 Å². The molecule has 0 aromatic heterocycles. The van der Waals surface area contributed by atoms with Crippen LogP contribution in [-0.2, 0) is 4.79 Å². The predicted molar refractivity (Wildman–Crippen MR) is 73.3 cm³/mol. The van der Waals surface area contributed by atoms with Crippen LogP contribution in [0.2, 0.25) is 5.02 Å². The van der Waals surface area contributed by atoms with Crippen molar-refractivity contribution in [1.82, 2.24) is 5.32 Å². The molecule has 1 amide bonds. The lowest BCUT2D eigenvalue weighted by Gasteiger charge is -2.14. The second kappa shape index (κ2) is 7.35. The van der Waals surface area contributed by atoms with Gasteiger partial charge in [0.15, 0.2) is 0 Å². The predicted octanol–water partition coefficient (Wildman–Crippen LogP) is 2.42. The zero-order valence-corrected chi connectivity index (χ0v) is 11.7. The maximum absolute atomic E-state index is 13.2. The Morgan fingerprint density at radius 2 is 2.21 bits per heavy atom. The van der Waals surface area contributed by atoms with Gasteiger partial charge in [0.1, 0.15) is 11.9 Å². The van der Waals surface area contributed by atoms with Crippen molar-refractivity contribution in [1.29, 1.82) is 0 Å². The van der Waals surface area contributed by atoms with E-state index in [4.69, 9.17) is 16.7 Å². The van der Waals surface area contributed by atoms with E-state index in [1.54, 1.807) is 0 Å². The number of hydrogen-bond donors (Lipinski definition) is 2. The minimum atomic E-state index is -1.13. The number of carboxylic acid groups (broad SMARTS) is 1. The quantitative estimate of drug-likeness (QED) is 0.847. The highest BCUT2D eigenvalue weighted by molar-refractivity contribution is 7.98. The molecule has 2 N–H and O–H groups in total. The van der Waals surface area contributed by atoms with Gasteiger partial charge in [-0.3, -0.25) is 4.79 Å². The Bertz CT molecular complexity index is 484. The fraction of sp³-hybridized carbons (Fsp3) is 0.333. The summed E-state index contributed by atoms with van der Waals surface area (Å²) in [6, 6.07) is 2.79. The third-order valence-electron chi connectivity index (χ3n) is 2.41. The van der Waals surface area contributed by atoms with E-state index in [-0.39, 0.29) is 17.0 Å². The average Bonchev–Trinajstić information content (AvgIpc) is 2.37. The Hall–Kier alpha value is -1.27. The van der Waals surface area contributed by atoms with Gasteiger partial charge < -0.3 is 10.4 Å². The molecule has 0 aliphatic rings. The van der Waals surface area contributed by atoms with E-state index in [0.717, 1.165) is 6.07 Å². The van der Waals surface area contributed by atoms with Crippen molar-refractivity contribution in [2.24, 2.45) is 0 Å². The summed E-state index contributed by atoms with van der Waals surface area (Å²) < 4.78 is 13.2. The normalized spacial score (nSPS) is 11.9. The van der Waals surface area contributed by atoms with Crippen LogP contribution >= 0.6 is 23.4 Å². The van der Waals surface area contributed by atoms with Gasteiger partial charge in [-0.2, -0.15) is 11.8 Å². The molecule has 0 saturated carbocycles. The fourth-order valence-electron chi connectivity index (χ4n) is 1.41. The van der Waals surface area contributed by atoms with Gasteiger partial charge >= 0.3 is 5.97 Å². The van der Waals surface area contributed by atoms with Gasteiger partial charge in [-0.1, -0.05) is 17.7 Å². The van der Waals surface area contributed by atoms with Crippen molar-refractivity contribution < 1.29 is 19.1 Å². The molecule has 4 nitrogen and oxygen atoms in total. The number of carboxylic acids is 1. The van der Waals surface area contributed by atoms with Crippen LogP contribution in [0.5, 0.6) is 0 Å². The SMILES string of the molecule is CSCC[C@@H](NC(=O)c1cccc(F)c1Cl)C(=O)O. The van der Waals surface area contributed by atoms with Crippen molar-refractivity contribution in [2.45, 2.75) is 12.5 Å². The van der Waals surface area contributed by atoms with Gasteiger partial charge in [0, 0.05) is 0 Å². The molecule has 0 bridgehead atoms. The highest BCUT2D eigenvalue weighted by atomic mass is 35.5. The van der Waals surface area contributed by atoms with Crippen LogP contribution in [0, 0.1) is 5.82 Å². The van der Waals surface area contributed by atoms with Crippen LogP contribution < -0.4 is 5.32 Å². The van der Waals surface area contributed by atoms with Gasteiger partial charge in [-0.15, -0.1) is 0 Å². The highest BCUT2D eigenvalue weighted by Gasteiger charge is 2.22. The molecule has 0 aliphatic carbocycles. The smallest absolute Gasteiger partial charge is 0.326 e. The maximum Gasteiger partial charge on any atom is 0.326 e. The second-order valence-corrected chi connectivity index (χ2v) is 5.11. The molecule has 0 spiro atoms. The number of benzene rings is 1. The Kier molecular flexibility index (Phi) is 6.11. The fourth-order valence-corrected chi connectivity index (χ4v) is 2.09. The molecule has 1 aromatic rings. The van der Waals surface area contributed by atoms with Gasteiger partial charge in [0.05, 0.1) is 10.6 Å². The maximum atomic E-state index is 13.2. The van der Waals surface area contributed by atoms with Crippen molar-refractivity contribution in [3.05, 3.63) is 34.6 Å². The molecular weight excluding hydrogens is 293 g/mol. The lowest BCUT2D eigenvalue weighted by Crippen LogP contribution is -2.41. The first kappa shape index (κ1) is 15.8. The van der Waals surface area contributed by atoms with Crippen molar-refractivity contribution in [3.63, 3.8) is 0 Å². The summed E-state index contributed by atoms with van der Waals surface area (Å²) in [6.07, 6.45) is 2.12. The molecule has 19 heavy (non-hydrogen) atoms. The molecule has 1 aromatic carbocycles. The van der Waals surface area contributed by atoms with Gasteiger partial charge in [0.2, 0.25) is 0 Å². The van der Waals surface area contributed by atoms with E-state index in [1.165, 1.54) is 23.9 Å². The second-order valence-electron chi connectivity index (χ2n) is 3.75. The number of rotatable bonds is 6. The van der Waals surface area contributed by atoms with Crippen LogP contribution in [0.1, 0.15) is 16.8 Å². The summed E-state index contributed by atoms with van der Waals surface area (Å²) in [5, 5.41) is 11.0. The first-order valence-corrected chi connectivity index (χ1v) is 7.21. The number of carbonyl (C=O) groups excluding carboxylic acids is 1. The van der Waals surface area contributed by atoms with Crippen LogP contribution in [0.4, 0.5) is 4.39 Å². The Balaban J connectivity index is 2.82. The minimum Gasteiger partial charge on any atom is -0.480 e. The number of carbonyl (C=O) groups is 2. The van der Waals surface area contributed by atoms with Crippen LogP contribution in [0.3, 0.4) is 0 Å². The first-order chi connectivity index (χ1) is 8.97. The Morgan fingerprint density at radius 1 is 1.53 bits per heavy atom. The number of amides is 1. The van der Waals surface area contributed by atoms with Gasteiger partial charge in [-0.25, -0.2) is 9.18 Å². The number of aliphatic carboxylic acids is 1. The van der Waals surface area contributed by atoms with Gasteiger partial charge in [0.25, 0.3) is 5.91 Å². The zero-order valence-electron chi connectivity index (χ0n) is 10.2. The zero-order chi connectivity index (χ0) is 14.4. The molecule has 7 heteroatoms. The third kappa shape index (κ3) is 4.40. The summed E-state index contributed by atoms with van der Waals surface area (Å²) in [7, 11) is 0. The first-order valence-electron chi connectivity index (χ1n) is 5.44. The standard InChI is InChI=1S/C12H13ClFNO3S/c1-19-6-5-9(12(17)18)15-11(16)7-3-2-4-8(14)10(7)13/h2-4,9H,5-6H2,1H3,(H,15,16)(H,17,18)/t9-/m1/s1. The van der Waals surface area contributed by atoms with E-state index < -0.39 is 23.7 Å². The number of halogens is 2. The molecule has 0 aliphatic heterocycles. The Labute approximate surface area is 119 Å². The largest absolute Gasteiger partial charge is 0.480 e. The summed E-state index contributed by atoms with van der Waals surface area (Å²) in [5.41, 5.74) is -0.0722. The molecule has 1 rings (SSSR count). The highest BCUT2D eigenvalue weighted by Crippen LogP contribution is 2.19. The topological polar surface area (TPSA) is 66.4 Å². The summed E-state index contributed by atoms with van der Waals surface area (Å²) in [6.45, 7) is 0. The molecule has 1 atom stereocenters.